The predicted octanol–water partition coefficient (Wildman–Crippen LogP) is 1.09. The highest BCUT2D eigenvalue weighted by atomic mass is 16.4. The lowest BCUT2D eigenvalue weighted by Gasteiger charge is -2.11. The fourth-order valence-electron chi connectivity index (χ4n) is 2.50. The van der Waals surface area contributed by atoms with Gasteiger partial charge in [-0.15, -0.1) is 0 Å². The smallest absolute Gasteiger partial charge is 0.303 e. The lowest BCUT2D eigenvalue weighted by Crippen LogP contribution is -2.33. The van der Waals surface area contributed by atoms with Gasteiger partial charge < -0.3 is 21.5 Å². The van der Waals surface area contributed by atoms with Crippen molar-refractivity contribution in [2.24, 2.45) is 10.7 Å². The molecule has 0 aliphatic heterocycles. The van der Waals surface area contributed by atoms with Crippen molar-refractivity contribution in [3.63, 3.8) is 0 Å². The van der Waals surface area contributed by atoms with E-state index in [0.29, 0.717) is 16.9 Å². The Morgan fingerprint density at radius 3 is 2.63 bits per heavy atom. The van der Waals surface area contributed by atoms with Gasteiger partial charge in [0.1, 0.15) is 0 Å². The van der Waals surface area contributed by atoms with Crippen molar-refractivity contribution in [2.45, 2.75) is 12.8 Å². The first-order valence-electron chi connectivity index (χ1n) is 8.86. The number of anilines is 1. The van der Waals surface area contributed by atoms with E-state index in [4.69, 9.17) is 16.1 Å². The number of hydrogen-bond donors (Lipinski definition) is 5. The summed E-state index contributed by atoms with van der Waals surface area (Å²) in [6.07, 6.45) is 1.85. The van der Waals surface area contributed by atoms with Crippen molar-refractivity contribution in [3.8, 4) is 6.19 Å². The van der Waals surface area contributed by atoms with Gasteiger partial charge in [-0.1, -0.05) is 24.3 Å². The molecule has 0 atom stereocenters. The SMILES string of the molecule is N#CNC(N)=Nc1cccc(C(=O)NCC(=O)Nc2ccccc2CCC(=O)O)c1. The summed E-state index contributed by atoms with van der Waals surface area (Å²) in [5, 5.41) is 24.7. The number of nitrogens with two attached hydrogens (primary N) is 1. The van der Waals surface area contributed by atoms with Crippen LogP contribution in [0.2, 0.25) is 0 Å². The molecular formula is C20H20N6O4. The molecule has 0 saturated heterocycles. The van der Waals surface area contributed by atoms with Gasteiger partial charge in [-0.05, 0) is 36.2 Å². The van der Waals surface area contributed by atoms with Gasteiger partial charge in [0.25, 0.3) is 5.91 Å². The van der Waals surface area contributed by atoms with Gasteiger partial charge in [-0.2, -0.15) is 5.26 Å². The molecule has 0 aliphatic carbocycles. The standard InChI is InChI=1S/C20H20N6O4/c21-12-24-20(22)25-15-6-3-5-14(10-15)19(30)23-11-17(27)26-16-7-2-1-4-13(16)8-9-18(28)29/h1-7,10H,8-9,11H2,(H,23,30)(H,26,27)(H,28,29)(H3,22,24,25). The second-order valence-electron chi connectivity index (χ2n) is 6.07. The molecule has 2 amide bonds. The van der Waals surface area contributed by atoms with E-state index in [1.807, 2.05) is 0 Å². The van der Waals surface area contributed by atoms with Crippen LogP contribution in [0.1, 0.15) is 22.3 Å². The highest BCUT2D eigenvalue weighted by molar-refractivity contribution is 6.00. The summed E-state index contributed by atoms with van der Waals surface area (Å²) < 4.78 is 0. The van der Waals surface area contributed by atoms with Crippen molar-refractivity contribution in [1.82, 2.24) is 10.6 Å². The topological polar surface area (TPSA) is 170 Å². The number of nitriles is 1. The Balaban J connectivity index is 1.96. The maximum absolute atomic E-state index is 12.3. The number of carboxylic acids is 1. The van der Waals surface area contributed by atoms with Crippen LogP contribution in [0.4, 0.5) is 11.4 Å². The quantitative estimate of drug-likeness (QED) is 0.188. The number of nitrogens with one attached hydrogen (secondary N) is 3. The molecule has 0 bridgehead atoms. The number of amides is 2. The maximum Gasteiger partial charge on any atom is 0.303 e. The third-order valence-corrected chi connectivity index (χ3v) is 3.85. The number of carbonyl (C=O) groups is 3. The van der Waals surface area contributed by atoms with E-state index in [1.165, 1.54) is 6.07 Å². The number of aliphatic imine (C=N–C) groups is 1. The van der Waals surface area contributed by atoms with E-state index in [1.54, 1.807) is 48.7 Å². The minimum atomic E-state index is -0.930. The highest BCUT2D eigenvalue weighted by Gasteiger charge is 2.11. The average molecular weight is 408 g/mol. The van der Waals surface area contributed by atoms with Crippen LogP contribution in [0.15, 0.2) is 53.5 Å². The number of carbonyl (C=O) groups excluding carboxylic acids is 2. The zero-order valence-electron chi connectivity index (χ0n) is 15.9. The van der Waals surface area contributed by atoms with Crippen molar-refractivity contribution < 1.29 is 19.5 Å². The first-order chi connectivity index (χ1) is 14.4. The molecular weight excluding hydrogens is 388 g/mol. The minimum absolute atomic E-state index is 0.0587. The predicted molar refractivity (Wildman–Crippen MR) is 110 cm³/mol. The van der Waals surface area contributed by atoms with Crippen molar-refractivity contribution in [1.29, 1.82) is 5.26 Å². The van der Waals surface area contributed by atoms with Gasteiger partial charge >= 0.3 is 5.97 Å². The summed E-state index contributed by atoms with van der Waals surface area (Å²) in [5.74, 6) is -1.99. The molecule has 0 saturated carbocycles. The number of aryl methyl sites for hydroxylation is 1. The molecule has 2 rings (SSSR count). The third-order valence-electron chi connectivity index (χ3n) is 3.85. The van der Waals surface area contributed by atoms with Gasteiger partial charge in [-0.3, -0.25) is 19.7 Å². The largest absolute Gasteiger partial charge is 0.481 e. The van der Waals surface area contributed by atoms with Crippen molar-refractivity contribution >= 4 is 35.1 Å². The molecule has 0 spiro atoms. The Hall–Kier alpha value is -4.39. The second kappa shape index (κ2) is 10.8. The van der Waals surface area contributed by atoms with E-state index < -0.39 is 17.8 Å². The van der Waals surface area contributed by atoms with Crippen LogP contribution in [0.5, 0.6) is 0 Å². The van der Waals surface area contributed by atoms with Crippen LogP contribution in [-0.4, -0.2) is 35.4 Å². The number of benzene rings is 2. The van der Waals surface area contributed by atoms with E-state index in [-0.39, 0.29) is 30.9 Å². The summed E-state index contributed by atoms with van der Waals surface area (Å²) >= 11 is 0. The molecule has 0 unspecified atom stereocenters. The van der Waals surface area contributed by atoms with Crippen LogP contribution in [0.3, 0.4) is 0 Å². The first kappa shape index (κ1) is 21.9. The molecule has 2 aromatic rings. The summed E-state index contributed by atoms with van der Waals surface area (Å²) in [6.45, 7) is -0.280. The molecule has 0 aliphatic rings. The van der Waals surface area contributed by atoms with Crippen molar-refractivity contribution in [2.75, 3.05) is 11.9 Å². The fourth-order valence-corrected chi connectivity index (χ4v) is 2.50. The molecule has 0 fully saturated rings. The first-order valence-corrected chi connectivity index (χ1v) is 8.86. The molecule has 10 nitrogen and oxygen atoms in total. The Labute approximate surface area is 172 Å². The van der Waals surface area contributed by atoms with Gasteiger partial charge in [-0.25, -0.2) is 4.99 Å². The van der Waals surface area contributed by atoms with E-state index in [2.05, 4.69) is 20.9 Å². The zero-order valence-corrected chi connectivity index (χ0v) is 15.9. The number of guanidine groups is 1. The Bertz CT molecular complexity index is 1010. The van der Waals surface area contributed by atoms with Crippen molar-refractivity contribution in [3.05, 3.63) is 59.7 Å². The second-order valence-corrected chi connectivity index (χ2v) is 6.07. The summed E-state index contributed by atoms with van der Waals surface area (Å²) in [5.41, 5.74) is 7.30. The molecule has 30 heavy (non-hydrogen) atoms. The molecule has 154 valence electrons. The van der Waals surface area contributed by atoms with Crippen LogP contribution in [0.25, 0.3) is 0 Å². The molecule has 10 heteroatoms. The number of nitrogens with zero attached hydrogens (tertiary/aromatic N) is 2. The molecule has 2 aromatic carbocycles. The van der Waals surface area contributed by atoms with Gasteiger partial charge in [0.2, 0.25) is 11.9 Å². The van der Waals surface area contributed by atoms with Crippen LogP contribution >= 0.6 is 0 Å². The number of aliphatic carboxylic acids is 1. The number of hydrogen-bond acceptors (Lipinski definition) is 5. The monoisotopic (exact) mass is 408 g/mol. The molecule has 6 N–H and O–H groups in total. The number of para-hydroxylation sites is 1. The fraction of sp³-hybridized carbons (Fsp3) is 0.150. The van der Waals surface area contributed by atoms with Gasteiger partial charge in [0.05, 0.1) is 12.2 Å². The number of carboxylic acid groups (broad SMARTS) is 1. The van der Waals surface area contributed by atoms with E-state index >= 15 is 0 Å². The normalized spacial score (nSPS) is 10.6. The average Bonchev–Trinajstić information content (AvgIpc) is 2.71. The lowest BCUT2D eigenvalue weighted by molar-refractivity contribution is -0.137. The summed E-state index contributed by atoms with van der Waals surface area (Å²) in [6, 6.07) is 13.1. The van der Waals surface area contributed by atoms with Crippen LogP contribution < -0.4 is 21.7 Å². The Kier molecular flexibility index (Phi) is 7.90. The lowest BCUT2D eigenvalue weighted by atomic mass is 10.1. The van der Waals surface area contributed by atoms with Gasteiger partial charge in [0, 0.05) is 17.7 Å². The summed E-state index contributed by atoms with van der Waals surface area (Å²) in [4.78, 5) is 39.2. The van der Waals surface area contributed by atoms with Crippen LogP contribution in [0, 0.1) is 11.5 Å². The maximum atomic E-state index is 12.3. The van der Waals surface area contributed by atoms with E-state index in [0.717, 1.165) is 0 Å². The summed E-state index contributed by atoms with van der Waals surface area (Å²) in [7, 11) is 0. The highest BCUT2D eigenvalue weighted by Crippen LogP contribution is 2.17. The number of rotatable bonds is 8. The third kappa shape index (κ3) is 6.97. The minimum Gasteiger partial charge on any atom is -0.481 e. The zero-order chi connectivity index (χ0) is 21.9. The van der Waals surface area contributed by atoms with Gasteiger partial charge in [0.15, 0.2) is 6.19 Å². The molecule has 0 radical (unpaired) electrons. The molecule has 0 aromatic heterocycles. The molecule has 0 heterocycles. The Morgan fingerprint density at radius 1 is 1.13 bits per heavy atom. The van der Waals surface area contributed by atoms with Crippen LogP contribution in [-0.2, 0) is 16.0 Å². The Morgan fingerprint density at radius 2 is 1.90 bits per heavy atom. The van der Waals surface area contributed by atoms with E-state index in [9.17, 15) is 14.4 Å².